The van der Waals surface area contributed by atoms with Crippen LogP contribution < -0.4 is 10.0 Å². The average Bonchev–Trinajstić information content (AvgIpc) is 2.61. The first-order valence-corrected chi connectivity index (χ1v) is 10.7. The number of hydrogen-bond acceptors (Lipinski definition) is 6. The molecule has 0 bridgehead atoms. The summed E-state index contributed by atoms with van der Waals surface area (Å²) >= 11 is 7.49. The van der Waals surface area contributed by atoms with Crippen molar-refractivity contribution in [2.45, 2.75) is 28.9 Å². The Morgan fingerprint density at radius 2 is 2.04 bits per heavy atom. The molecule has 0 saturated heterocycles. The van der Waals surface area contributed by atoms with E-state index in [0.29, 0.717) is 10.6 Å². The van der Waals surface area contributed by atoms with Gasteiger partial charge in [-0.1, -0.05) is 41.9 Å². The predicted molar refractivity (Wildman–Crippen MR) is 105 cm³/mol. The summed E-state index contributed by atoms with van der Waals surface area (Å²) in [5.74, 6) is -0.932. The second-order valence-corrected chi connectivity index (χ2v) is 9.33. The molecule has 1 aliphatic rings. The van der Waals surface area contributed by atoms with E-state index in [1.807, 2.05) is 30.3 Å². The number of nitrogens with one attached hydrogen (secondary N) is 2. The highest BCUT2D eigenvalue weighted by molar-refractivity contribution is 7.97. The molecule has 2 aromatic carbocycles. The lowest BCUT2D eigenvalue weighted by Gasteiger charge is -2.33. The maximum absolute atomic E-state index is 12.7. The van der Waals surface area contributed by atoms with Gasteiger partial charge in [0.05, 0.1) is 23.3 Å². The third-order valence-electron chi connectivity index (χ3n) is 4.00. The number of carboxylic acid groups (broad SMARTS) is 1. The number of hydrogen-bond donors (Lipinski definition) is 3. The van der Waals surface area contributed by atoms with Gasteiger partial charge in [0.1, 0.15) is 4.90 Å². The molecule has 0 aliphatic carbocycles. The van der Waals surface area contributed by atoms with Crippen LogP contribution in [0.1, 0.15) is 12.0 Å². The zero-order valence-corrected chi connectivity index (χ0v) is 16.7. The molecule has 1 aliphatic heterocycles. The van der Waals surface area contributed by atoms with Crippen molar-refractivity contribution in [3.63, 3.8) is 0 Å². The topological polar surface area (TPSA) is 98.7 Å². The molecule has 0 aromatic heterocycles. The van der Waals surface area contributed by atoms with Crippen molar-refractivity contribution in [2.75, 3.05) is 12.4 Å². The van der Waals surface area contributed by atoms with E-state index in [9.17, 15) is 13.2 Å². The second kappa shape index (κ2) is 8.07. The fraction of sp³-hybridized carbons (Fsp3) is 0.235. The summed E-state index contributed by atoms with van der Waals surface area (Å²) in [6.45, 7) is 0.155. The monoisotopic (exact) mass is 427 g/mol. The standard InChI is InChI=1S/C17H18ClN3O4S2/c1-21-16(9-17(22)23)20-13-7-12(18)15(8-14(13)26-21)27(24,25)19-10-11-5-3-2-4-6-11/h2-8,16,19-20H,9-10H2,1H3,(H,22,23). The van der Waals surface area contributed by atoms with Crippen molar-refractivity contribution in [3.05, 3.63) is 53.1 Å². The normalized spacial score (nSPS) is 17.2. The number of anilines is 1. The summed E-state index contributed by atoms with van der Waals surface area (Å²) in [4.78, 5) is 11.6. The largest absolute Gasteiger partial charge is 0.481 e. The van der Waals surface area contributed by atoms with Crippen LogP contribution in [0.15, 0.2) is 52.3 Å². The Kier molecular flexibility index (Phi) is 5.97. The molecule has 10 heteroatoms. The number of sulfonamides is 1. The molecule has 1 heterocycles. The minimum Gasteiger partial charge on any atom is -0.481 e. The number of halogens is 1. The maximum Gasteiger partial charge on any atom is 0.306 e. The molecule has 7 nitrogen and oxygen atoms in total. The minimum atomic E-state index is -3.81. The van der Waals surface area contributed by atoms with Crippen molar-refractivity contribution in [1.29, 1.82) is 0 Å². The van der Waals surface area contributed by atoms with E-state index in [-0.39, 0.29) is 22.9 Å². The van der Waals surface area contributed by atoms with Gasteiger partial charge in [0.2, 0.25) is 10.0 Å². The van der Waals surface area contributed by atoms with Crippen LogP contribution in [-0.2, 0) is 21.4 Å². The van der Waals surface area contributed by atoms with Gasteiger partial charge in [-0.15, -0.1) is 0 Å². The molecule has 3 N–H and O–H groups in total. The number of carbonyl (C=O) groups is 1. The molecule has 0 saturated carbocycles. The first-order valence-electron chi connectivity index (χ1n) is 8.02. The van der Waals surface area contributed by atoms with Crippen LogP contribution in [0.4, 0.5) is 5.69 Å². The summed E-state index contributed by atoms with van der Waals surface area (Å²) in [6, 6.07) is 12.2. The minimum absolute atomic E-state index is 0.0155. The molecule has 1 unspecified atom stereocenters. The van der Waals surface area contributed by atoms with E-state index in [0.717, 1.165) is 5.56 Å². The summed E-state index contributed by atoms with van der Waals surface area (Å²) in [7, 11) is -2.07. The highest BCUT2D eigenvalue weighted by Gasteiger charge is 2.28. The first kappa shape index (κ1) is 20.0. The molecule has 1 atom stereocenters. The lowest BCUT2D eigenvalue weighted by atomic mass is 10.2. The molecular weight excluding hydrogens is 410 g/mol. The van der Waals surface area contributed by atoms with Crippen molar-refractivity contribution in [3.8, 4) is 0 Å². The van der Waals surface area contributed by atoms with Crippen LogP contribution in [0.3, 0.4) is 0 Å². The highest BCUT2D eigenvalue weighted by atomic mass is 35.5. The number of benzene rings is 2. The number of fused-ring (bicyclic) bond motifs is 1. The van der Waals surface area contributed by atoms with Gasteiger partial charge in [0.25, 0.3) is 0 Å². The summed E-state index contributed by atoms with van der Waals surface area (Å²) < 4.78 is 29.7. The smallest absolute Gasteiger partial charge is 0.306 e. The Hall–Kier alpha value is -1.78. The van der Waals surface area contributed by atoms with E-state index in [2.05, 4.69) is 10.0 Å². The molecule has 144 valence electrons. The zero-order chi connectivity index (χ0) is 19.6. The summed E-state index contributed by atoms with van der Waals surface area (Å²) in [6.07, 6.45) is -0.520. The van der Waals surface area contributed by atoms with E-state index >= 15 is 0 Å². The third-order valence-corrected chi connectivity index (χ3v) is 6.95. The molecule has 0 radical (unpaired) electrons. The fourth-order valence-corrected chi connectivity index (χ4v) is 5.21. The predicted octanol–water partition coefficient (Wildman–Crippen LogP) is 2.98. The van der Waals surface area contributed by atoms with Crippen LogP contribution in [0.25, 0.3) is 0 Å². The van der Waals surface area contributed by atoms with Gasteiger partial charge in [0.15, 0.2) is 0 Å². The van der Waals surface area contributed by atoms with Crippen LogP contribution >= 0.6 is 23.5 Å². The number of aliphatic carboxylic acids is 1. The van der Waals surface area contributed by atoms with Gasteiger partial charge in [-0.25, -0.2) is 17.4 Å². The number of nitrogens with zero attached hydrogens (tertiary/aromatic N) is 1. The molecule has 27 heavy (non-hydrogen) atoms. The molecule has 0 fully saturated rings. The third kappa shape index (κ3) is 4.74. The van der Waals surface area contributed by atoms with E-state index in [4.69, 9.17) is 16.7 Å². The lowest BCUT2D eigenvalue weighted by Crippen LogP contribution is -2.38. The molecule has 0 spiro atoms. The molecule has 0 amide bonds. The Morgan fingerprint density at radius 3 is 2.70 bits per heavy atom. The second-order valence-electron chi connectivity index (χ2n) is 5.98. The van der Waals surface area contributed by atoms with Crippen LogP contribution in [0.5, 0.6) is 0 Å². The average molecular weight is 428 g/mol. The SMILES string of the molecule is CN1Sc2cc(S(=O)(=O)NCc3ccccc3)c(Cl)cc2NC1CC(=O)O. The van der Waals surface area contributed by atoms with Gasteiger partial charge in [-0.05, 0) is 36.7 Å². The van der Waals surface area contributed by atoms with Gasteiger partial charge >= 0.3 is 5.97 Å². The molecule has 3 rings (SSSR count). The van der Waals surface area contributed by atoms with E-state index in [1.54, 1.807) is 11.4 Å². The first-order chi connectivity index (χ1) is 12.8. The quantitative estimate of drug-likeness (QED) is 0.609. The summed E-state index contributed by atoms with van der Waals surface area (Å²) in [5.41, 5.74) is 1.44. The van der Waals surface area contributed by atoms with E-state index in [1.165, 1.54) is 24.1 Å². The Labute approximate surface area is 166 Å². The van der Waals surface area contributed by atoms with Crippen molar-refractivity contribution >= 4 is 45.2 Å². The van der Waals surface area contributed by atoms with Crippen LogP contribution in [-0.4, -0.2) is 37.0 Å². The Balaban J connectivity index is 1.83. The highest BCUT2D eigenvalue weighted by Crippen LogP contribution is 2.40. The van der Waals surface area contributed by atoms with Gasteiger partial charge in [-0.2, -0.15) is 0 Å². The van der Waals surface area contributed by atoms with Gasteiger partial charge in [-0.3, -0.25) is 4.79 Å². The van der Waals surface area contributed by atoms with E-state index < -0.39 is 22.2 Å². The Bertz CT molecular complexity index is 954. The maximum atomic E-state index is 12.7. The van der Waals surface area contributed by atoms with Crippen LogP contribution in [0, 0.1) is 0 Å². The summed E-state index contributed by atoms with van der Waals surface area (Å²) in [5, 5.41) is 12.2. The van der Waals surface area contributed by atoms with Crippen molar-refractivity contribution in [1.82, 2.24) is 9.03 Å². The zero-order valence-electron chi connectivity index (χ0n) is 14.3. The van der Waals surface area contributed by atoms with Crippen molar-refractivity contribution in [2.24, 2.45) is 0 Å². The molecule has 2 aromatic rings. The van der Waals surface area contributed by atoms with Crippen LogP contribution in [0.2, 0.25) is 5.02 Å². The number of carboxylic acids is 1. The van der Waals surface area contributed by atoms with Crippen molar-refractivity contribution < 1.29 is 18.3 Å². The Morgan fingerprint density at radius 1 is 1.33 bits per heavy atom. The van der Waals surface area contributed by atoms with Gasteiger partial charge in [0, 0.05) is 11.4 Å². The lowest BCUT2D eigenvalue weighted by molar-refractivity contribution is -0.137. The molecular formula is C17H18ClN3O4S2. The van der Waals surface area contributed by atoms with Gasteiger partial charge < -0.3 is 10.4 Å². The fourth-order valence-electron chi connectivity index (χ4n) is 2.62. The number of rotatable bonds is 6.